The summed E-state index contributed by atoms with van der Waals surface area (Å²) in [7, 11) is 1.65. The smallest absolute Gasteiger partial charge is 0.133 e. The molecule has 0 aromatic heterocycles. The van der Waals surface area contributed by atoms with Crippen molar-refractivity contribution < 1.29 is 14.6 Å². The zero-order valence-corrected chi connectivity index (χ0v) is 11.4. The monoisotopic (exact) mass is 303 g/mol. The van der Waals surface area contributed by atoms with Gasteiger partial charge in [-0.25, -0.2) is 0 Å². The van der Waals surface area contributed by atoms with Crippen molar-refractivity contribution in [3.63, 3.8) is 0 Å². The van der Waals surface area contributed by atoms with Gasteiger partial charge in [-0.2, -0.15) is 0 Å². The molecule has 0 saturated heterocycles. The maximum absolute atomic E-state index is 9.66. The summed E-state index contributed by atoms with van der Waals surface area (Å²) in [6.07, 6.45) is -0.529. The molecule has 1 unspecified atom stereocenters. The molecule has 1 atom stereocenters. The van der Waals surface area contributed by atoms with Crippen molar-refractivity contribution in [3.8, 4) is 5.75 Å². The standard InChI is InChI=1S/C12H18BrNO3/c1-16-7-6-14-8-10(15)9-17-12-5-3-2-4-11(12)13/h2-5,10,14-15H,6-9H2,1H3. The lowest BCUT2D eigenvalue weighted by molar-refractivity contribution is 0.103. The summed E-state index contributed by atoms with van der Waals surface area (Å²) in [5, 5.41) is 12.7. The van der Waals surface area contributed by atoms with Crippen molar-refractivity contribution in [1.82, 2.24) is 5.32 Å². The van der Waals surface area contributed by atoms with Gasteiger partial charge >= 0.3 is 0 Å². The van der Waals surface area contributed by atoms with E-state index in [-0.39, 0.29) is 6.61 Å². The first-order valence-electron chi connectivity index (χ1n) is 5.49. The zero-order valence-electron chi connectivity index (χ0n) is 9.86. The highest BCUT2D eigenvalue weighted by atomic mass is 79.9. The lowest BCUT2D eigenvalue weighted by Crippen LogP contribution is -2.33. The first-order valence-corrected chi connectivity index (χ1v) is 6.28. The maximum Gasteiger partial charge on any atom is 0.133 e. The second-order valence-electron chi connectivity index (χ2n) is 3.59. The fraction of sp³-hybridized carbons (Fsp3) is 0.500. The summed E-state index contributed by atoms with van der Waals surface area (Å²) in [4.78, 5) is 0. The van der Waals surface area contributed by atoms with Gasteiger partial charge in [0.25, 0.3) is 0 Å². The number of benzene rings is 1. The Morgan fingerprint density at radius 3 is 2.88 bits per heavy atom. The van der Waals surface area contributed by atoms with Crippen molar-refractivity contribution >= 4 is 15.9 Å². The Labute approximate surface area is 110 Å². The minimum absolute atomic E-state index is 0.266. The molecule has 0 fully saturated rings. The zero-order chi connectivity index (χ0) is 12.5. The molecular weight excluding hydrogens is 286 g/mol. The number of aliphatic hydroxyl groups excluding tert-OH is 1. The van der Waals surface area contributed by atoms with Gasteiger partial charge < -0.3 is 19.9 Å². The molecule has 2 N–H and O–H groups in total. The molecule has 0 radical (unpaired) electrons. The van der Waals surface area contributed by atoms with Crippen molar-refractivity contribution in [3.05, 3.63) is 28.7 Å². The predicted octanol–water partition coefficient (Wildman–Crippen LogP) is 1.42. The van der Waals surface area contributed by atoms with Gasteiger partial charge in [-0.3, -0.25) is 0 Å². The number of ether oxygens (including phenoxy) is 2. The van der Waals surface area contributed by atoms with Gasteiger partial charge in [0.05, 0.1) is 11.1 Å². The van der Waals surface area contributed by atoms with Crippen molar-refractivity contribution in [1.29, 1.82) is 0 Å². The molecule has 1 rings (SSSR count). The minimum Gasteiger partial charge on any atom is -0.490 e. The van der Waals surface area contributed by atoms with Crippen LogP contribution in [0.3, 0.4) is 0 Å². The lowest BCUT2D eigenvalue weighted by atomic mass is 10.3. The molecular formula is C12H18BrNO3. The fourth-order valence-electron chi connectivity index (χ4n) is 1.25. The van der Waals surface area contributed by atoms with Crippen LogP contribution >= 0.6 is 15.9 Å². The van der Waals surface area contributed by atoms with Crippen molar-refractivity contribution in [2.45, 2.75) is 6.10 Å². The van der Waals surface area contributed by atoms with Gasteiger partial charge in [-0.1, -0.05) is 12.1 Å². The number of rotatable bonds is 8. The number of hydrogen-bond donors (Lipinski definition) is 2. The molecule has 1 aromatic carbocycles. The lowest BCUT2D eigenvalue weighted by Gasteiger charge is -2.13. The van der Waals surface area contributed by atoms with Gasteiger partial charge in [0, 0.05) is 20.2 Å². The van der Waals surface area contributed by atoms with Gasteiger partial charge in [0.2, 0.25) is 0 Å². The molecule has 0 amide bonds. The van der Waals surface area contributed by atoms with Crippen LogP contribution in [0, 0.1) is 0 Å². The van der Waals surface area contributed by atoms with E-state index in [2.05, 4.69) is 21.2 Å². The van der Waals surface area contributed by atoms with Crippen molar-refractivity contribution in [2.24, 2.45) is 0 Å². The molecule has 0 aliphatic rings. The van der Waals surface area contributed by atoms with Crippen LogP contribution in [-0.4, -0.2) is 44.6 Å². The summed E-state index contributed by atoms with van der Waals surface area (Å²) in [5.74, 6) is 0.739. The topological polar surface area (TPSA) is 50.7 Å². The first kappa shape index (κ1) is 14.4. The average Bonchev–Trinajstić information content (AvgIpc) is 2.34. The van der Waals surface area contributed by atoms with Crippen LogP contribution in [-0.2, 0) is 4.74 Å². The van der Waals surface area contributed by atoms with Crippen LogP contribution in [0.25, 0.3) is 0 Å². The largest absolute Gasteiger partial charge is 0.490 e. The fourth-order valence-corrected chi connectivity index (χ4v) is 1.65. The number of para-hydroxylation sites is 1. The van der Waals surface area contributed by atoms with E-state index in [1.54, 1.807) is 7.11 Å². The molecule has 0 saturated carbocycles. The molecule has 1 aromatic rings. The maximum atomic E-state index is 9.66. The Bertz CT molecular complexity index is 322. The van der Waals surface area contributed by atoms with E-state index in [4.69, 9.17) is 9.47 Å². The number of nitrogens with one attached hydrogen (secondary N) is 1. The third-order valence-corrected chi connectivity index (χ3v) is 2.79. The van der Waals surface area contributed by atoms with E-state index in [0.29, 0.717) is 13.2 Å². The Morgan fingerprint density at radius 1 is 1.41 bits per heavy atom. The molecule has 5 heteroatoms. The van der Waals surface area contributed by atoms with Crippen LogP contribution in [0.15, 0.2) is 28.7 Å². The van der Waals surface area contributed by atoms with Crippen molar-refractivity contribution in [2.75, 3.05) is 33.4 Å². The predicted molar refractivity (Wildman–Crippen MR) is 70.4 cm³/mol. The number of methoxy groups -OCH3 is 1. The number of halogens is 1. The Balaban J connectivity index is 2.19. The number of hydrogen-bond acceptors (Lipinski definition) is 4. The molecule has 96 valence electrons. The molecule has 0 spiro atoms. The Hall–Kier alpha value is -0.620. The van der Waals surface area contributed by atoms with E-state index < -0.39 is 6.10 Å². The average molecular weight is 304 g/mol. The Kier molecular flexibility index (Phi) is 7.19. The summed E-state index contributed by atoms with van der Waals surface area (Å²) in [6.45, 7) is 2.12. The summed E-state index contributed by atoms with van der Waals surface area (Å²) in [6, 6.07) is 7.57. The van der Waals surface area contributed by atoms with Crippen LogP contribution < -0.4 is 10.1 Å². The highest BCUT2D eigenvalue weighted by molar-refractivity contribution is 9.10. The van der Waals surface area contributed by atoms with Gasteiger partial charge in [-0.05, 0) is 28.1 Å². The van der Waals surface area contributed by atoms with E-state index in [9.17, 15) is 5.11 Å². The van der Waals surface area contributed by atoms with Crippen LogP contribution in [0.1, 0.15) is 0 Å². The molecule has 0 aliphatic heterocycles. The second-order valence-corrected chi connectivity index (χ2v) is 4.45. The van der Waals surface area contributed by atoms with E-state index in [1.165, 1.54) is 0 Å². The Morgan fingerprint density at radius 2 is 2.18 bits per heavy atom. The van der Waals surface area contributed by atoms with Crippen LogP contribution in [0.5, 0.6) is 5.75 Å². The van der Waals surface area contributed by atoms with E-state index >= 15 is 0 Å². The SMILES string of the molecule is COCCNCC(O)COc1ccccc1Br. The minimum atomic E-state index is -0.529. The van der Waals surface area contributed by atoms with E-state index in [1.807, 2.05) is 24.3 Å². The molecule has 0 bridgehead atoms. The highest BCUT2D eigenvalue weighted by Gasteiger charge is 2.06. The highest BCUT2D eigenvalue weighted by Crippen LogP contribution is 2.23. The quantitative estimate of drug-likeness (QED) is 0.713. The van der Waals surface area contributed by atoms with Gasteiger partial charge in [0.15, 0.2) is 0 Å². The molecule has 0 heterocycles. The van der Waals surface area contributed by atoms with Crippen LogP contribution in [0.4, 0.5) is 0 Å². The normalized spacial score (nSPS) is 12.4. The number of aliphatic hydroxyl groups is 1. The van der Waals surface area contributed by atoms with Gasteiger partial charge in [0.1, 0.15) is 18.5 Å². The summed E-state index contributed by atoms with van der Waals surface area (Å²) < 4.78 is 11.3. The summed E-state index contributed by atoms with van der Waals surface area (Å²) >= 11 is 3.38. The van der Waals surface area contributed by atoms with Gasteiger partial charge in [-0.15, -0.1) is 0 Å². The molecule has 17 heavy (non-hydrogen) atoms. The second kappa shape index (κ2) is 8.47. The molecule has 0 aliphatic carbocycles. The summed E-state index contributed by atoms with van der Waals surface area (Å²) in [5.41, 5.74) is 0. The molecule has 4 nitrogen and oxygen atoms in total. The first-order chi connectivity index (χ1) is 8.24. The third-order valence-electron chi connectivity index (χ3n) is 2.13. The third kappa shape index (κ3) is 6.02. The van der Waals surface area contributed by atoms with Crippen LogP contribution in [0.2, 0.25) is 0 Å². The van der Waals surface area contributed by atoms with E-state index in [0.717, 1.165) is 16.8 Å².